The van der Waals surface area contributed by atoms with Gasteiger partial charge >= 0.3 is 0 Å². The Morgan fingerprint density at radius 3 is 2.27 bits per heavy atom. The molecule has 0 saturated carbocycles. The molecule has 0 bridgehead atoms. The fourth-order valence-corrected chi connectivity index (χ4v) is 8.53. The first-order valence-electron chi connectivity index (χ1n) is 4.05. The van der Waals surface area contributed by atoms with Crippen molar-refractivity contribution in [3.8, 4) is 0 Å². The predicted molar refractivity (Wildman–Crippen MR) is 64.4 cm³/mol. The molecule has 0 heterocycles. The van der Waals surface area contributed by atoms with Gasteiger partial charge in [0.1, 0.15) is 8.24 Å². The summed E-state index contributed by atoms with van der Waals surface area (Å²) < 4.78 is 9.56. The Labute approximate surface area is 78.9 Å². The summed E-state index contributed by atoms with van der Waals surface area (Å²) in [5, 5.41) is 0. The second-order valence-corrected chi connectivity index (χ2v) is 16.0. The third-order valence-corrected chi connectivity index (χ3v) is 11.2. The van der Waals surface area contributed by atoms with Crippen LogP contribution >= 0.6 is 0 Å². The van der Waals surface area contributed by atoms with E-state index in [0.717, 1.165) is 10.4 Å². The van der Waals surface area contributed by atoms with Crippen LogP contribution in [0.3, 0.4) is 0 Å². The van der Waals surface area contributed by atoms with E-state index in [0.29, 0.717) is 0 Å². The van der Waals surface area contributed by atoms with Crippen LogP contribution in [0, 0.1) is 0 Å². The van der Waals surface area contributed by atoms with Gasteiger partial charge in [-0.1, -0.05) is 19.6 Å². The first-order chi connectivity index (χ1) is 4.98. The topological polar surface area (TPSA) is 27.3 Å². The van der Waals surface area contributed by atoms with E-state index in [2.05, 4.69) is 40.2 Å². The SMILES string of the molecule is CN([SiH2]N[SiH2]N[SiH3])[Si](C)(C)C. The third kappa shape index (κ3) is 5.96. The van der Waals surface area contributed by atoms with Crippen molar-refractivity contribution in [1.29, 1.82) is 0 Å². The Bertz CT molecular complexity index is 104. The van der Waals surface area contributed by atoms with Gasteiger partial charge in [-0.15, -0.1) is 0 Å². The number of hydrogen-bond donors (Lipinski definition) is 2. The Morgan fingerprint density at radius 2 is 1.91 bits per heavy atom. The lowest BCUT2D eigenvalue weighted by atomic mass is 11.6. The second kappa shape index (κ2) is 5.40. The van der Waals surface area contributed by atoms with Crippen LogP contribution in [-0.2, 0) is 0 Å². The lowest BCUT2D eigenvalue weighted by Gasteiger charge is -2.29. The largest absolute Gasteiger partial charge is 0.360 e. The maximum absolute atomic E-state index is 3.60. The van der Waals surface area contributed by atoms with Gasteiger partial charge in [0.2, 0.25) is 0 Å². The zero-order valence-electron chi connectivity index (χ0n) is 8.36. The van der Waals surface area contributed by atoms with E-state index in [-0.39, 0.29) is 19.7 Å². The van der Waals surface area contributed by atoms with Gasteiger partial charge in [-0.3, -0.25) is 0 Å². The van der Waals surface area contributed by atoms with Gasteiger partial charge < -0.3 is 13.5 Å². The fourth-order valence-electron chi connectivity index (χ4n) is 0.586. The normalized spacial score (nSPS) is 15.0. The van der Waals surface area contributed by atoms with Crippen LogP contribution < -0.4 is 9.30 Å². The molecule has 0 saturated heterocycles. The van der Waals surface area contributed by atoms with E-state index in [9.17, 15) is 0 Å². The number of hydrogen-bond acceptors (Lipinski definition) is 3. The summed E-state index contributed by atoms with van der Waals surface area (Å²) in [6.45, 7) is 7.20. The molecule has 0 radical (unpaired) electrons. The highest BCUT2D eigenvalue weighted by Crippen LogP contribution is 2.02. The monoisotopic (exact) mass is 223 g/mol. The molecule has 68 valence electrons. The lowest BCUT2D eigenvalue weighted by molar-refractivity contribution is 0.791. The summed E-state index contributed by atoms with van der Waals surface area (Å²) in [4.78, 5) is 0. The van der Waals surface area contributed by atoms with Gasteiger partial charge in [0.25, 0.3) is 0 Å². The highest BCUT2D eigenvalue weighted by Gasteiger charge is 2.18. The van der Waals surface area contributed by atoms with Crippen LogP contribution in [0.5, 0.6) is 0 Å². The second-order valence-electron chi connectivity index (χ2n) is 3.81. The smallest absolute Gasteiger partial charge is 0.157 e. The first-order valence-corrected chi connectivity index (χ1v) is 11.2. The van der Waals surface area contributed by atoms with Gasteiger partial charge in [0.15, 0.2) is 19.7 Å². The van der Waals surface area contributed by atoms with Gasteiger partial charge in [0.05, 0.1) is 10.4 Å². The molecule has 0 aromatic carbocycles. The molecule has 0 rings (SSSR count). The third-order valence-electron chi connectivity index (χ3n) is 1.80. The van der Waals surface area contributed by atoms with Gasteiger partial charge in [0, 0.05) is 0 Å². The van der Waals surface area contributed by atoms with E-state index >= 15 is 0 Å². The minimum absolute atomic E-state index is 0.0750. The average Bonchev–Trinajstić information content (AvgIpc) is 1.86. The molecule has 2 N–H and O–H groups in total. The van der Waals surface area contributed by atoms with Crippen LogP contribution in [0.1, 0.15) is 0 Å². The summed E-state index contributed by atoms with van der Waals surface area (Å²) in [5.41, 5.74) is 0. The summed E-state index contributed by atoms with van der Waals surface area (Å²) in [6, 6.07) is 0. The van der Waals surface area contributed by atoms with E-state index in [1.807, 2.05) is 0 Å². The minimum Gasteiger partial charge on any atom is -0.360 e. The lowest BCUT2D eigenvalue weighted by Crippen LogP contribution is -2.52. The Morgan fingerprint density at radius 1 is 1.36 bits per heavy atom. The molecule has 0 atom stereocenters. The van der Waals surface area contributed by atoms with Crippen LogP contribution in [0.2, 0.25) is 19.6 Å². The van der Waals surface area contributed by atoms with Crippen molar-refractivity contribution < 1.29 is 0 Å². The Balaban J connectivity index is 3.44. The van der Waals surface area contributed by atoms with Crippen LogP contribution in [-0.4, -0.2) is 49.6 Å². The Kier molecular flexibility index (Phi) is 5.77. The summed E-state index contributed by atoms with van der Waals surface area (Å²) >= 11 is 0. The van der Waals surface area contributed by atoms with Crippen molar-refractivity contribution in [2.45, 2.75) is 19.6 Å². The maximum atomic E-state index is 3.60. The minimum atomic E-state index is -0.972. The Hall–Kier alpha value is 0.748. The summed E-state index contributed by atoms with van der Waals surface area (Å²) in [7, 11) is 2.26. The molecule has 0 aromatic heterocycles. The molecule has 3 nitrogen and oxygen atoms in total. The molecule has 0 spiro atoms. The number of nitrogens with zero attached hydrogens (tertiary/aromatic N) is 1. The fraction of sp³-hybridized carbons (Fsp3) is 1.00. The highest BCUT2D eigenvalue weighted by molar-refractivity contribution is 6.79. The quantitative estimate of drug-likeness (QED) is 0.390. The van der Waals surface area contributed by atoms with E-state index in [4.69, 9.17) is 0 Å². The molecule has 0 fully saturated rings. The van der Waals surface area contributed by atoms with Crippen molar-refractivity contribution in [1.82, 2.24) is 13.5 Å². The van der Waals surface area contributed by atoms with Gasteiger partial charge in [-0.25, -0.2) is 0 Å². The first kappa shape index (κ1) is 11.7. The van der Waals surface area contributed by atoms with Gasteiger partial charge in [-0.05, 0) is 7.05 Å². The molecule has 0 aliphatic heterocycles. The average molecular weight is 224 g/mol. The summed E-state index contributed by atoms with van der Waals surface area (Å²) in [6.07, 6.45) is 0. The molecule has 0 aromatic rings. The van der Waals surface area contributed by atoms with Crippen LogP contribution in [0.15, 0.2) is 0 Å². The van der Waals surface area contributed by atoms with E-state index < -0.39 is 8.24 Å². The molecule has 0 unspecified atom stereocenters. The molecule has 11 heavy (non-hydrogen) atoms. The number of rotatable bonds is 5. The molecule has 0 aliphatic rings. The highest BCUT2D eigenvalue weighted by atomic mass is 28.4. The standard InChI is InChI=1S/C4H21N3Si4/c1-7(11(2,3)4)10-6-9-5-8/h5-6H,9-10H2,1-4,8H3. The van der Waals surface area contributed by atoms with E-state index in [1.165, 1.54) is 0 Å². The van der Waals surface area contributed by atoms with E-state index in [1.54, 1.807) is 0 Å². The maximum Gasteiger partial charge on any atom is 0.157 e. The van der Waals surface area contributed by atoms with Crippen molar-refractivity contribution >= 4 is 38.3 Å². The zero-order valence-corrected chi connectivity index (χ0v) is 14.2. The predicted octanol–water partition coefficient (Wildman–Crippen LogP) is -2.79. The molecular weight excluding hydrogens is 202 g/mol. The van der Waals surface area contributed by atoms with Crippen molar-refractivity contribution in [3.05, 3.63) is 0 Å². The van der Waals surface area contributed by atoms with Crippen molar-refractivity contribution in [3.63, 3.8) is 0 Å². The van der Waals surface area contributed by atoms with Crippen LogP contribution in [0.4, 0.5) is 0 Å². The zero-order chi connectivity index (χ0) is 8.91. The molecule has 0 aliphatic carbocycles. The van der Waals surface area contributed by atoms with Crippen molar-refractivity contribution in [2.75, 3.05) is 7.05 Å². The summed E-state index contributed by atoms with van der Waals surface area (Å²) in [5.74, 6) is 0. The molecule has 7 heteroatoms. The molecular formula is C4H21N3Si4. The van der Waals surface area contributed by atoms with Crippen LogP contribution in [0.25, 0.3) is 0 Å². The number of nitrogens with one attached hydrogen (secondary N) is 2. The van der Waals surface area contributed by atoms with Gasteiger partial charge in [-0.2, -0.15) is 0 Å². The molecule has 0 amide bonds. The van der Waals surface area contributed by atoms with Crippen molar-refractivity contribution in [2.24, 2.45) is 0 Å².